The lowest BCUT2D eigenvalue weighted by molar-refractivity contribution is 1.10. The Balaban J connectivity index is 1.99. The highest BCUT2D eigenvalue weighted by molar-refractivity contribution is 7.12. The van der Waals surface area contributed by atoms with Gasteiger partial charge in [0, 0.05) is 22.0 Å². The van der Waals surface area contributed by atoms with Crippen LogP contribution in [-0.4, -0.2) is 0 Å². The average Bonchev–Trinajstić information content (AvgIpc) is 2.84. The average molecular weight is 259 g/mol. The first-order valence-electron chi connectivity index (χ1n) is 6.64. The van der Waals surface area contributed by atoms with Crippen LogP contribution in [0.5, 0.6) is 0 Å². The van der Waals surface area contributed by atoms with Crippen LogP contribution in [0, 0.1) is 6.92 Å². The van der Waals surface area contributed by atoms with E-state index < -0.39 is 0 Å². The number of nitrogens with one attached hydrogen (secondary N) is 1. The fraction of sp³-hybridized carbons (Fsp3) is 0.375. The van der Waals surface area contributed by atoms with Crippen LogP contribution in [0.3, 0.4) is 0 Å². The topological polar surface area (TPSA) is 12.0 Å². The van der Waals surface area contributed by atoms with Gasteiger partial charge in [0.05, 0.1) is 0 Å². The summed E-state index contributed by atoms with van der Waals surface area (Å²) in [7, 11) is 0. The zero-order chi connectivity index (χ0) is 13.0. The first-order valence-corrected chi connectivity index (χ1v) is 7.45. The summed E-state index contributed by atoms with van der Waals surface area (Å²) in [5.74, 6) is 0. The minimum atomic E-state index is 0.926. The van der Waals surface area contributed by atoms with Gasteiger partial charge in [0.15, 0.2) is 0 Å². The maximum absolute atomic E-state index is 3.50. The second-order valence-corrected chi connectivity index (χ2v) is 5.82. The van der Waals surface area contributed by atoms with E-state index in [1.807, 2.05) is 11.3 Å². The molecule has 0 fully saturated rings. The number of aryl methyl sites for hydroxylation is 3. The largest absolute Gasteiger partial charge is 0.380 e. The van der Waals surface area contributed by atoms with Crippen molar-refractivity contribution in [3.05, 3.63) is 51.2 Å². The molecule has 1 N–H and O–H groups in total. The molecule has 0 aliphatic carbocycles. The standard InChI is InChI=1S/C16H21NS/c1-4-13-6-7-14(10-12(13)3)17-11-16-9-8-15(5-2)18-16/h6-10,17H,4-5,11H2,1-3H3. The molecule has 0 bridgehead atoms. The smallest absolute Gasteiger partial charge is 0.0494 e. The first-order chi connectivity index (χ1) is 8.72. The second kappa shape index (κ2) is 6.05. The van der Waals surface area contributed by atoms with Gasteiger partial charge in [-0.25, -0.2) is 0 Å². The van der Waals surface area contributed by atoms with E-state index in [0.717, 1.165) is 19.4 Å². The highest BCUT2D eigenvalue weighted by atomic mass is 32.1. The predicted molar refractivity (Wildman–Crippen MR) is 81.6 cm³/mol. The van der Waals surface area contributed by atoms with E-state index in [4.69, 9.17) is 0 Å². The number of benzene rings is 1. The molecule has 1 nitrogen and oxygen atoms in total. The fourth-order valence-electron chi connectivity index (χ4n) is 2.10. The molecule has 2 heteroatoms. The molecule has 18 heavy (non-hydrogen) atoms. The van der Waals surface area contributed by atoms with E-state index in [9.17, 15) is 0 Å². The van der Waals surface area contributed by atoms with E-state index in [1.54, 1.807) is 0 Å². The minimum Gasteiger partial charge on any atom is -0.380 e. The summed E-state index contributed by atoms with van der Waals surface area (Å²) in [6.45, 7) is 7.52. The molecule has 0 aliphatic heterocycles. The summed E-state index contributed by atoms with van der Waals surface area (Å²) in [6, 6.07) is 11.1. The summed E-state index contributed by atoms with van der Waals surface area (Å²) < 4.78 is 0. The van der Waals surface area contributed by atoms with Crippen molar-refractivity contribution in [1.82, 2.24) is 0 Å². The minimum absolute atomic E-state index is 0.926. The van der Waals surface area contributed by atoms with E-state index >= 15 is 0 Å². The number of hydrogen-bond acceptors (Lipinski definition) is 2. The van der Waals surface area contributed by atoms with Gasteiger partial charge in [-0.15, -0.1) is 11.3 Å². The van der Waals surface area contributed by atoms with Crippen molar-refractivity contribution in [2.45, 2.75) is 40.2 Å². The van der Waals surface area contributed by atoms with Gasteiger partial charge in [0.1, 0.15) is 0 Å². The van der Waals surface area contributed by atoms with Gasteiger partial charge in [0.2, 0.25) is 0 Å². The van der Waals surface area contributed by atoms with Crippen molar-refractivity contribution in [1.29, 1.82) is 0 Å². The van der Waals surface area contributed by atoms with Gasteiger partial charge in [-0.2, -0.15) is 0 Å². The number of rotatable bonds is 5. The molecule has 0 atom stereocenters. The number of anilines is 1. The quantitative estimate of drug-likeness (QED) is 0.813. The van der Waals surface area contributed by atoms with Crippen molar-refractivity contribution in [2.75, 3.05) is 5.32 Å². The molecule has 2 rings (SSSR count). The molecule has 0 radical (unpaired) electrons. The van der Waals surface area contributed by atoms with Crippen molar-refractivity contribution >= 4 is 17.0 Å². The van der Waals surface area contributed by atoms with E-state index in [1.165, 1.54) is 26.6 Å². The molecule has 0 unspecified atom stereocenters. The molecule has 0 spiro atoms. The van der Waals surface area contributed by atoms with E-state index in [2.05, 4.69) is 56.4 Å². The van der Waals surface area contributed by atoms with Crippen LogP contribution in [-0.2, 0) is 19.4 Å². The molecular weight excluding hydrogens is 238 g/mol. The van der Waals surface area contributed by atoms with Gasteiger partial charge in [-0.05, 0) is 55.2 Å². The Bertz CT molecular complexity index is 514. The molecular formula is C16H21NS. The predicted octanol–water partition coefficient (Wildman–Crippen LogP) is 4.79. The molecule has 1 aromatic carbocycles. The van der Waals surface area contributed by atoms with Crippen LogP contribution in [0.1, 0.15) is 34.7 Å². The van der Waals surface area contributed by atoms with E-state index in [-0.39, 0.29) is 0 Å². The normalized spacial score (nSPS) is 10.6. The first kappa shape index (κ1) is 13.2. The van der Waals surface area contributed by atoms with Crippen LogP contribution < -0.4 is 5.32 Å². The van der Waals surface area contributed by atoms with E-state index in [0.29, 0.717) is 0 Å². The summed E-state index contributed by atoms with van der Waals surface area (Å²) in [5.41, 5.74) is 4.03. The van der Waals surface area contributed by atoms with Gasteiger partial charge < -0.3 is 5.32 Å². The molecule has 0 saturated carbocycles. The van der Waals surface area contributed by atoms with Gasteiger partial charge in [-0.3, -0.25) is 0 Å². The number of hydrogen-bond donors (Lipinski definition) is 1. The zero-order valence-electron chi connectivity index (χ0n) is 11.4. The van der Waals surface area contributed by atoms with Crippen LogP contribution in [0.15, 0.2) is 30.3 Å². The lowest BCUT2D eigenvalue weighted by atomic mass is 10.1. The Hall–Kier alpha value is -1.28. The summed E-state index contributed by atoms with van der Waals surface area (Å²) in [6.07, 6.45) is 2.24. The van der Waals surface area contributed by atoms with Gasteiger partial charge in [0.25, 0.3) is 0 Å². The highest BCUT2D eigenvalue weighted by Gasteiger charge is 2.00. The summed E-state index contributed by atoms with van der Waals surface area (Å²) >= 11 is 1.90. The second-order valence-electron chi connectivity index (χ2n) is 4.57. The third-order valence-corrected chi connectivity index (χ3v) is 4.49. The maximum atomic E-state index is 3.50. The molecule has 0 saturated heterocycles. The third-order valence-electron chi connectivity index (χ3n) is 3.26. The Morgan fingerprint density at radius 1 is 1.00 bits per heavy atom. The highest BCUT2D eigenvalue weighted by Crippen LogP contribution is 2.20. The van der Waals surface area contributed by atoms with Crippen LogP contribution in [0.25, 0.3) is 0 Å². The zero-order valence-corrected chi connectivity index (χ0v) is 12.2. The summed E-state index contributed by atoms with van der Waals surface area (Å²) in [5, 5.41) is 3.50. The van der Waals surface area contributed by atoms with Crippen LogP contribution in [0.2, 0.25) is 0 Å². The lowest BCUT2D eigenvalue weighted by Gasteiger charge is -2.08. The molecule has 2 aromatic rings. The molecule has 96 valence electrons. The van der Waals surface area contributed by atoms with Crippen molar-refractivity contribution < 1.29 is 0 Å². The molecule has 0 amide bonds. The summed E-state index contributed by atoms with van der Waals surface area (Å²) in [4.78, 5) is 2.87. The lowest BCUT2D eigenvalue weighted by Crippen LogP contribution is -1.98. The van der Waals surface area contributed by atoms with Gasteiger partial charge in [-0.1, -0.05) is 19.9 Å². The number of thiophene rings is 1. The monoisotopic (exact) mass is 259 g/mol. The fourth-order valence-corrected chi connectivity index (χ4v) is 3.00. The van der Waals surface area contributed by atoms with Crippen LogP contribution >= 0.6 is 11.3 Å². The SMILES string of the molecule is CCc1ccc(CNc2ccc(CC)c(C)c2)s1. The Labute approximate surface area is 114 Å². The van der Waals surface area contributed by atoms with Crippen molar-refractivity contribution in [3.8, 4) is 0 Å². The molecule has 1 aromatic heterocycles. The maximum Gasteiger partial charge on any atom is 0.0494 e. The molecule has 1 heterocycles. The third kappa shape index (κ3) is 3.14. The Kier molecular flexibility index (Phi) is 4.43. The van der Waals surface area contributed by atoms with Crippen LogP contribution in [0.4, 0.5) is 5.69 Å². The van der Waals surface area contributed by atoms with Gasteiger partial charge >= 0.3 is 0 Å². The van der Waals surface area contributed by atoms with Crippen molar-refractivity contribution in [3.63, 3.8) is 0 Å². The van der Waals surface area contributed by atoms with Crippen molar-refractivity contribution in [2.24, 2.45) is 0 Å². The molecule has 0 aliphatic rings. The Morgan fingerprint density at radius 2 is 1.78 bits per heavy atom. The Morgan fingerprint density at radius 3 is 2.39 bits per heavy atom.